The lowest BCUT2D eigenvalue weighted by molar-refractivity contribution is 0.450. The third-order valence-corrected chi connectivity index (χ3v) is 7.12. The molecule has 38 heavy (non-hydrogen) atoms. The first-order chi connectivity index (χ1) is 18.2. The molecule has 0 fully saturated rings. The molecule has 0 spiro atoms. The molecule has 0 unspecified atom stereocenters. The summed E-state index contributed by atoms with van der Waals surface area (Å²) in [5.41, 5.74) is 15.0. The van der Waals surface area contributed by atoms with Gasteiger partial charge in [0.25, 0.3) is 0 Å². The lowest BCUT2D eigenvalue weighted by Crippen LogP contribution is -2.39. The molecular weight excluding hydrogens is 488 g/mol. The third kappa shape index (κ3) is 4.74. The van der Waals surface area contributed by atoms with Gasteiger partial charge in [-0.15, -0.1) is 10.2 Å². The quantitative estimate of drug-likeness (QED) is 0.309. The molecule has 2 aliphatic rings. The van der Waals surface area contributed by atoms with Crippen molar-refractivity contribution in [3.8, 4) is 22.8 Å². The highest BCUT2D eigenvalue weighted by Crippen LogP contribution is 2.31. The molecule has 0 bridgehead atoms. The van der Waals surface area contributed by atoms with E-state index >= 15 is 8.78 Å². The van der Waals surface area contributed by atoms with Crippen molar-refractivity contribution in [3.05, 3.63) is 71.3 Å². The molecule has 0 atom stereocenters. The molecule has 196 valence electrons. The Hall–Kier alpha value is -4.54. The van der Waals surface area contributed by atoms with Crippen molar-refractivity contribution in [2.24, 2.45) is 18.5 Å². The van der Waals surface area contributed by atoms with Gasteiger partial charge in [-0.2, -0.15) is 0 Å². The summed E-state index contributed by atoms with van der Waals surface area (Å²) in [6.45, 7) is 2.08. The van der Waals surface area contributed by atoms with E-state index in [0.29, 0.717) is 72.9 Å². The highest BCUT2D eigenvalue weighted by Gasteiger charge is 2.20. The van der Waals surface area contributed by atoms with Crippen LogP contribution in [0.5, 0.6) is 0 Å². The van der Waals surface area contributed by atoms with Crippen LogP contribution in [0.3, 0.4) is 0 Å². The van der Waals surface area contributed by atoms with E-state index in [9.17, 15) is 0 Å². The highest BCUT2D eigenvalue weighted by atomic mass is 19.1. The van der Waals surface area contributed by atoms with Crippen molar-refractivity contribution < 1.29 is 8.78 Å². The fraction of sp³-hybridized carbons (Fsp3) is 0.259. The predicted octanol–water partition coefficient (Wildman–Crippen LogP) is 3.39. The van der Waals surface area contributed by atoms with E-state index in [1.807, 2.05) is 12.2 Å². The molecule has 11 heteroatoms. The van der Waals surface area contributed by atoms with Crippen molar-refractivity contribution in [2.45, 2.75) is 12.8 Å². The zero-order chi connectivity index (χ0) is 27.0. The summed E-state index contributed by atoms with van der Waals surface area (Å²) in [5, 5.41) is 23.6. The first-order valence-corrected chi connectivity index (χ1v) is 12.3. The normalized spacial score (nSPS) is 15.8. The molecule has 9 nitrogen and oxygen atoms in total. The number of hydrogen-bond acceptors (Lipinski definition) is 4. The monoisotopic (exact) mass is 517 g/mol. The summed E-state index contributed by atoms with van der Waals surface area (Å²) >= 11 is 0. The molecule has 1 aromatic heterocycles. The van der Waals surface area contributed by atoms with E-state index < -0.39 is 0 Å². The van der Waals surface area contributed by atoms with Crippen LogP contribution in [0.4, 0.5) is 8.78 Å². The van der Waals surface area contributed by atoms with Crippen LogP contribution in [0.2, 0.25) is 0 Å². The molecule has 2 aromatic carbocycles. The van der Waals surface area contributed by atoms with Gasteiger partial charge in [0.15, 0.2) is 23.6 Å². The molecular formula is C27H29F2N9. The van der Waals surface area contributed by atoms with Crippen molar-refractivity contribution in [3.63, 3.8) is 0 Å². The number of hydrogen-bond donors (Lipinski definition) is 4. The van der Waals surface area contributed by atoms with Crippen LogP contribution < -0.4 is 11.5 Å². The summed E-state index contributed by atoms with van der Waals surface area (Å²) < 4.78 is 32.0. The van der Waals surface area contributed by atoms with Crippen LogP contribution in [-0.4, -0.2) is 62.7 Å². The van der Waals surface area contributed by atoms with Crippen LogP contribution in [0.1, 0.15) is 24.0 Å². The smallest absolute Gasteiger partial charge is 0.188 e. The van der Waals surface area contributed by atoms with Gasteiger partial charge in [-0.3, -0.25) is 10.8 Å². The van der Waals surface area contributed by atoms with Crippen LogP contribution in [0.25, 0.3) is 33.9 Å². The fourth-order valence-electron chi connectivity index (χ4n) is 4.93. The minimum Gasteiger partial charge on any atom is -0.370 e. The van der Waals surface area contributed by atoms with Crippen molar-refractivity contribution in [1.29, 1.82) is 10.8 Å². The first kappa shape index (κ1) is 25.1. The minimum absolute atomic E-state index is 0.0100. The van der Waals surface area contributed by atoms with Gasteiger partial charge in [0, 0.05) is 55.5 Å². The zero-order valence-corrected chi connectivity index (χ0v) is 21.0. The van der Waals surface area contributed by atoms with Gasteiger partial charge >= 0.3 is 0 Å². The number of nitrogens with zero attached hydrogens (tertiary/aromatic N) is 5. The number of guanidine groups is 2. The van der Waals surface area contributed by atoms with Crippen molar-refractivity contribution in [2.75, 3.05) is 26.2 Å². The molecule has 0 saturated heterocycles. The molecule has 0 radical (unpaired) electrons. The Kier molecular flexibility index (Phi) is 6.66. The topological polar surface area (TPSA) is 137 Å². The van der Waals surface area contributed by atoms with E-state index in [1.165, 1.54) is 12.1 Å². The molecule has 2 aliphatic heterocycles. The number of benzene rings is 2. The minimum atomic E-state index is -0.367. The first-order valence-electron chi connectivity index (χ1n) is 12.3. The van der Waals surface area contributed by atoms with Gasteiger partial charge in [-0.1, -0.05) is 36.4 Å². The van der Waals surface area contributed by atoms with Crippen molar-refractivity contribution >= 4 is 23.1 Å². The summed E-state index contributed by atoms with van der Waals surface area (Å²) in [6.07, 6.45) is 4.98. The summed E-state index contributed by atoms with van der Waals surface area (Å²) in [4.78, 5) is 3.45. The molecule has 3 aromatic rings. The lowest BCUT2D eigenvalue weighted by Gasteiger charge is -2.26. The van der Waals surface area contributed by atoms with Crippen LogP contribution >= 0.6 is 0 Å². The summed E-state index contributed by atoms with van der Waals surface area (Å²) in [7, 11) is 1.77. The number of rotatable bonds is 4. The number of nitrogens with two attached hydrogens (primary N) is 2. The fourth-order valence-corrected chi connectivity index (χ4v) is 4.93. The van der Waals surface area contributed by atoms with Gasteiger partial charge in [0.2, 0.25) is 0 Å². The number of halogens is 2. The largest absolute Gasteiger partial charge is 0.370 e. The maximum atomic E-state index is 15.1. The Morgan fingerprint density at radius 1 is 0.763 bits per heavy atom. The second-order valence-electron chi connectivity index (χ2n) is 9.42. The number of aromatic nitrogens is 3. The maximum Gasteiger partial charge on any atom is 0.188 e. The molecule has 0 saturated carbocycles. The van der Waals surface area contributed by atoms with Crippen LogP contribution in [-0.2, 0) is 7.05 Å². The standard InChI is InChI=1S/C27H29F2N9/c1-36-24(18-2-4-20(22(28)14-18)16-6-10-37(11-7-16)26(30)31)34-35-25(36)19-3-5-21(23(29)15-19)17-8-12-38(13-9-17)27(32)33/h2-6,8,14-15H,7,9-13H2,1H3,(H3,30,31)(H3,32,33). The van der Waals surface area contributed by atoms with Gasteiger partial charge in [0.1, 0.15) is 11.6 Å². The Bertz CT molecular complexity index is 1380. The van der Waals surface area contributed by atoms with E-state index in [1.54, 1.807) is 45.7 Å². The Labute approximate surface area is 219 Å². The van der Waals surface area contributed by atoms with Crippen LogP contribution in [0.15, 0.2) is 48.6 Å². The Morgan fingerprint density at radius 3 is 1.50 bits per heavy atom. The zero-order valence-electron chi connectivity index (χ0n) is 21.0. The lowest BCUT2D eigenvalue weighted by atomic mass is 9.97. The second-order valence-corrected chi connectivity index (χ2v) is 9.42. The van der Waals surface area contributed by atoms with Gasteiger partial charge in [-0.05, 0) is 36.1 Å². The van der Waals surface area contributed by atoms with Crippen LogP contribution in [0, 0.1) is 22.5 Å². The molecule has 0 amide bonds. The molecule has 6 N–H and O–H groups in total. The predicted molar refractivity (Wildman–Crippen MR) is 144 cm³/mol. The van der Waals surface area contributed by atoms with E-state index in [4.69, 9.17) is 22.3 Å². The SMILES string of the molecule is Cn1c(-c2ccc(C3=CCN(C(=N)N)CC3)c(F)c2)nnc1-c1ccc(C2=CCN(C(=N)N)CC2)c(F)c1. The third-order valence-electron chi connectivity index (χ3n) is 7.12. The average molecular weight is 518 g/mol. The summed E-state index contributed by atoms with van der Waals surface area (Å²) in [6, 6.07) is 9.93. The Morgan fingerprint density at radius 2 is 1.18 bits per heavy atom. The van der Waals surface area contributed by atoms with Gasteiger partial charge < -0.3 is 25.8 Å². The highest BCUT2D eigenvalue weighted by molar-refractivity contribution is 5.78. The molecule has 3 heterocycles. The number of nitrogens with one attached hydrogen (secondary N) is 2. The average Bonchev–Trinajstić information content (AvgIpc) is 3.30. The maximum absolute atomic E-state index is 15.1. The summed E-state index contributed by atoms with van der Waals surface area (Å²) in [5.74, 6) is 0.221. The molecule has 5 rings (SSSR count). The van der Waals surface area contributed by atoms with E-state index in [2.05, 4.69) is 10.2 Å². The van der Waals surface area contributed by atoms with Gasteiger partial charge in [-0.25, -0.2) is 8.78 Å². The van der Waals surface area contributed by atoms with E-state index in [0.717, 1.165) is 11.1 Å². The van der Waals surface area contributed by atoms with Crippen molar-refractivity contribution in [1.82, 2.24) is 24.6 Å². The van der Waals surface area contributed by atoms with Gasteiger partial charge in [0.05, 0.1) is 0 Å². The second kappa shape index (κ2) is 10.1. The molecule has 0 aliphatic carbocycles. The Balaban J connectivity index is 1.37. The van der Waals surface area contributed by atoms with E-state index in [-0.39, 0.29) is 23.6 Å².